The van der Waals surface area contributed by atoms with Crippen LogP contribution in [0.2, 0.25) is 0 Å². The van der Waals surface area contributed by atoms with Crippen molar-refractivity contribution in [2.45, 2.75) is 26.9 Å². The van der Waals surface area contributed by atoms with Gasteiger partial charge in [-0.15, -0.1) is 0 Å². The maximum atomic E-state index is 14.0. The van der Waals surface area contributed by atoms with Crippen molar-refractivity contribution in [1.82, 2.24) is 15.1 Å². The average molecular weight is 428 g/mol. The molecule has 0 aliphatic rings. The van der Waals surface area contributed by atoms with Gasteiger partial charge in [0.2, 0.25) is 0 Å². The van der Waals surface area contributed by atoms with E-state index in [0.29, 0.717) is 12.6 Å². The van der Waals surface area contributed by atoms with Crippen LogP contribution in [0.25, 0.3) is 0 Å². The number of methoxy groups -OCH3 is 1. The standard InChI is InChI=1S/C22H22F2N4O3/c1-13-17(14(2)28(27-13)12-15-7-5-4-6-8-15)11-25-22(30)26-20-9-16(21(29)31-3)18(23)10-19(20)24/h4-10H,11-12H2,1-3H3,(H2,25,26,30). The normalized spacial score (nSPS) is 10.6. The van der Waals surface area contributed by atoms with Crippen LogP contribution in [0.5, 0.6) is 0 Å². The average Bonchev–Trinajstić information content (AvgIpc) is 3.01. The lowest BCUT2D eigenvalue weighted by atomic mass is 10.1. The molecule has 1 aromatic heterocycles. The number of halogens is 2. The third-order valence-electron chi connectivity index (χ3n) is 4.84. The summed E-state index contributed by atoms with van der Waals surface area (Å²) in [5.41, 5.74) is 2.76. The van der Waals surface area contributed by atoms with Crippen molar-refractivity contribution in [1.29, 1.82) is 0 Å². The molecule has 0 atom stereocenters. The summed E-state index contributed by atoms with van der Waals surface area (Å²) in [5.74, 6) is -3.06. The predicted molar refractivity (Wildman–Crippen MR) is 111 cm³/mol. The number of rotatable bonds is 6. The van der Waals surface area contributed by atoms with E-state index in [0.717, 1.165) is 35.7 Å². The summed E-state index contributed by atoms with van der Waals surface area (Å²) in [6, 6.07) is 10.5. The fourth-order valence-electron chi connectivity index (χ4n) is 3.15. The Morgan fingerprint density at radius 3 is 2.48 bits per heavy atom. The number of urea groups is 1. The maximum absolute atomic E-state index is 14.0. The molecule has 0 spiro atoms. The van der Waals surface area contributed by atoms with Crippen LogP contribution in [0.15, 0.2) is 42.5 Å². The van der Waals surface area contributed by atoms with E-state index in [1.54, 1.807) is 0 Å². The Labute approximate surface area is 178 Å². The van der Waals surface area contributed by atoms with E-state index < -0.39 is 29.2 Å². The molecule has 2 amide bonds. The van der Waals surface area contributed by atoms with Crippen LogP contribution in [0, 0.1) is 25.5 Å². The summed E-state index contributed by atoms with van der Waals surface area (Å²) < 4.78 is 34.1. The van der Waals surface area contributed by atoms with E-state index >= 15 is 0 Å². The summed E-state index contributed by atoms with van der Waals surface area (Å²) in [6.07, 6.45) is 0. The highest BCUT2D eigenvalue weighted by atomic mass is 19.1. The molecule has 0 radical (unpaired) electrons. The lowest BCUT2D eigenvalue weighted by Crippen LogP contribution is -2.29. The smallest absolute Gasteiger partial charge is 0.340 e. The van der Waals surface area contributed by atoms with Gasteiger partial charge in [-0.2, -0.15) is 5.10 Å². The lowest BCUT2D eigenvalue weighted by molar-refractivity contribution is 0.0595. The molecule has 162 valence electrons. The van der Waals surface area contributed by atoms with Gasteiger partial charge in [0.25, 0.3) is 0 Å². The zero-order valence-electron chi connectivity index (χ0n) is 17.3. The monoisotopic (exact) mass is 428 g/mol. The van der Waals surface area contributed by atoms with Gasteiger partial charge in [-0.3, -0.25) is 4.68 Å². The number of aromatic nitrogens is 2. The van der Waals surface area contributed by atoms with E-state index in [4.69, 9.17) is 0 Å². The minimum atomic E-state index is -1.08. The molecule has 31 heavy (non-hydrogen) atoms. The Morgan fingerprint density at radius 2 is 1.81 bits per heavy atom. The molecule has 0 bridgehead atoms. The number of carbonyl (C=O) groups is 2. The Hall–Kier alpha value is -3.75. The first-order valence-electron chi connectivity index (χ1n) is 9.49. The van der Waals surface area contributed by atoms with Gasteiger partial charge < -0.3 is 15.4 Å². The highest BCUT2D eigenvalue weighted by molar-refractivity contribution is 5.94. The SMILES string of the molecule is COC(=O)c1cc(NC(=O)NCc2c(C)nn(Cc3ccccc3)c2C)c(F)cc1F. The number of hydrogen-bond acceptors (Lipinski definition) is 4. The summed E-state index contributed by atoms with van der Waals surface area (Å²) in [5, 5.41) is 9.44. The molecular weight excluding hydrogens is 406 g/mol. The highest BCUT2D eigenvalue weighted by Crippen LogP contribution is 2.20. The van der Waals surface area contributed by atoms with Gasteiger partial charge in [0.05, 0.1) is 30.6 Å². The molecule has 0 fully saturated rings. The van der Waals surface area contributed by atoms with E-state index in [2.05, 4.69) is 20.5 Å². The number of benzene rings is 2. The number of hydrogen-bond donors (Lipinski definition) is 2. The van der Waals surface area contributed by atoms with Crippen molar-refractivity contribution in [2.24, 2.45) is 0 Å². The molecule has 0 saturated carbocycles. The van der Waals surface area contributed by atoms with Crippen molar-refractivity contribution in [3.05, 3.63) is 82.2 Å². The predicted octanol–water partition coefficient (Wildman–Crippen LogP) is 3.93. The van der Waals surface area contributed by atoms with Crippen molar-refractivity contribution < 1.29 is 23.1 Å². The molecule has 0 aliphatic heterocycles. The van der Waals surface area contributed by atoms with Crippen molar-refractivity contribution in [3.8, 4) is 0 Å². The summed E-state index contributed by atoms with van der Waals surface area (Å²) >= 11 is 0. The Morgan fingerprint density at radius 1 is 1.10 bits per heavy atom. The number of amides is 2. The van der Waals surface area contributed by atoms with Gasteiger partial charge >= 0.3 is 12.0 Å². The van der Waals surface area contributed by atoms with Crippen molar-refractivity contribution >= 4 is 17.7 Å². The quantitative estimate of drug-likeness (QED) is 0.583. The lowest BCUT2D eigenvalue weighted by Gasteiger charge is -2.11. The van der Waals surface area contributed by atoms with Crippen LogP contribution in [-0.4, -0.2) is 28.9 Å². The van der Waals surface area contributed by atoms with Gasteiger partial charge in [0.1, 0.15) is 11.6 Å². The fraction of sp³-hybridized carbons (Fsp3) is 0.227. The first-order valence-corrected chi connectivity index (χ1v) is 9.49. The summed E-state index contributed by atoms with van der Waals surface area (Å²) in [7, 11) is 1.08. The number of ether oxygens (including phenoxy) is 1. The zero-order chi connectivity index (χ0) is 22.5. The van der Waals surface area contributed by atoms with Gasteiger partial charge in [-0.25, -0.2) is 18.4 Å². The number of carbonyl (C=O) groups excluding carboxylic acids is 2. The van der Waals surface area contributed by atoms with Gasteiger partial charge in [-0.05, 0) is 25.5 Å². The van der Waals surface area contributed by atoms with E-state index in [1.165, 1.54) is 0 Å². The third kappa shape index (κ3) is 5.06. The summed E-state index contributed by atoms with van der Waals surface area (Å²) in [4.78, 5) is 23.8. The Kier molecular flexibility index (Phi) is 6.64. The van der Waals surface area contributed by atoms with Crippen LogP contribution < -0.4 is 10.6 Å². The van der Waals surface area contributed by atoms with E-state index in [1.807, 2.05) is 48.9 Å². The van der Waals surface area contributed by atoms with Crippen LogP contribution in [0.4, 0.5) is 19.3 Å². The molecule has 2 aromatic carbocycles. The Bertz CT molecular complexity index is 1110. The first kappa shape index (κ1) is 21.9. The number of esters is 1. The second-order valence-electron chi connectivity index (χ2n) is 6.90. The topological polar surface area (TPSA) is 85.2 Å². The van der Waals surface area contributed by atoms with Gasteiger partial charge in [0.15, 0.2) is 0 Å². The number of nitrogens with one attached hydrogen (secondary N) is 2. The number of aryl methyl sites for hydroxylation is 1. The van der Waals surface area contributed by atoms with Crippen molar-refractivity contribution in [3.63, 3.8) is 0 Å². The van der Waals surface area contributed by atoms with Crippen LogP contribution >= 0.6 is 0 Å². The molecule has 7 nitrogen and oxygen atoms in total. The minimum Gasteiger partial charge on any atom is -0.465 e. The molecule has 2 N–H and O–H groups in total. The molecule has 0 unspecified atom stereocenters. The second kappa shape index (κ2) is 9.38. The molecule has 0 saturated heterocycles. The highest BCUT2D eigenvalue weighted by Gasteiger charge is 2.18. The van der Waals surface area contributed by atoms with Gasteiger partial charge in [0, 0.05) is 23.9 Å². The first-order chi connectivity index (χ1) is 14.8. The Balaban J connectivity index is 1.68. The van der Waals surface area contributed by atoms with Crippen LogP contribution in [0.3, 0.4) is 0 Å². The largest absolute Gasteiger partial charge is 0.465 e. The fourth-order valence-corrected chi connectivity index (χ4v) is 3.15. The third-order valence-corrected chi connectivity index (χ3v) is 4.84. The van der Waals surface area contributed by atoms with Crippen LogP contribution in [-0.2, 0) is 17.8 Å². The van der Waals surface area contributed by atoms with E-state index in [9.17, 15) is 18.4 Å². The number of anilines is 1. The second-order valence-corrected chi connectivity index (χ2v) is 6.90. The summed E-state index contributed by atoms with van der Waals surface area (Å²) in [6.45, 7) is 4.49. The maximum Gasteiger partial charge on any atom is 0.340 e. The molecule has 1 heterocycles. The van der Waals surface area contributed by atoms with Crippen molar-refractivity contribution in [2.75, 3.05) is 12.4 Å². The molecule has 3 rings (SSSR count). The molecule has 9 heteroatoms. The van der Waals surface area contributed by atoms with E-state index in [-0.39, 0.29) is 12.2 Å². The van der Waals surface area contributed by atoms with Crippen LogP contribution in [0.1, 0.15) is 32.9 Å². The molecule has 0 aliphatic carbocycles. The number of nitrogens with zero attached hydrogens (tertiary/aromatic N) is 2. The molecule has 3 aromatic rings. The zero-order valence-corrected chi connectivity index (χ0v) is 17.3. The van der Waals surface area contributed by atoms with Gasteiger partial charge in [-0.1, -0.05) is 30.3 Å². The molecular formula is C22H22F2N4O3. The minimum absolute atomic E-state index is 0.158.